The van der Waals surface area contributed by atoms with Gasteiger partial charge in [-0.3, -0.25) is 14.9 Å². The second-order valence-electron chi connectivity index (χ2n) is 4.75. The molecule has 0 N–H and O–H groups in total. The zero-order chi connectivity index (χ0) is 14.0. The normalized spacial score (nSPS) is 16.4. The van der Waals surface area contributed by atoms with Crippen molar-refractivity contribution in [2.45, 2.75) is 31.7 Å². The number of nitrogens with zero attached hydrogens (tertiary/aromatic N) is 2. The van der Waals surface area contributed by atoms with Crippen LogP contribution < -0.4 is 4.90 Å². The first-order valence-electron chi connectivity index (χ1n) is 6.18. The Morgan fingerprint density at radius 2 is 2.00 bits per heavy atom. The maximum Gasteiger partial charge on any atom is 0.310 e. The second-order valence-corrected chi connectivity index (χ2v) is 5.15. The maximum absolute atomic E-state index is 11.2. The van der Waals surface area contributed by atoms with E-state index in [2.05, 4.69) is 0 Å². The fourth-order valence-electron chi connectivity index (χ4n) is 2.48. The van der Waals surface area contributed by atoms with Crippen molar-refractivity contribution in [1.29, 1.82) is 0 Å². The number of rotatable bonds is 3. The molecule has 1 aromatic rings. The molecule has 1 aliphatic carbocycles. The van der Waals surface area contributed by atoms with Crippen LogP contribution in [0.15, 0.2) is 18.2 Å². The lowest BCUT2D eigenvalue weighted by molar-refractivity contribution is -0.384. The molecule has 0 atom stereocenters. The molecule has 0 heterocycles. The Labute approximate surface area is 116 Å². The summed E-state index contributed by atoms with van der Waals surface area (Å²) in [7, 11) is 1.82. The van der Waals surface area contributed by atoms with Crippen molar-refractivity contribution in [3.8, 4) is 0 Å². The van der Waals surface area contributed by atoms with Crippen LogP contribution in [0, 0.1) is 10.1 Å². The summed E-state index contributed by atoms with van der Waals surface area (Å²) in [6.45, 7) is 0. The van der Waals surface area contributed by atoms with E-state index in [0.717, 1.165) is 12.8 Å². The molecular formula is C13H15ClN2O3. The van der Waals surface area contributed by atoms with Gasteiger partial charge in [-0.25, -0.2) is 0 Å². The summed E-state index contributed by atoms with van der Waals surface area (Å²) in [4.78, 5) is 23.8. The number of nitro groups is 1. The average molecular weight is 283 g/mol. The Hall–Kier alpha value is -1.62. The number of carbonyl (C=O) groups excluding carboxylic acids is 1. The molecule has 6 heteroatoms. The van der Waals surface area contributed by atoms with Crippen LogP contribution in [0.4, 0.5) is 11.4 Å². The van der Waals surface area contributed by atoms with E-state index in [-0.39, 0.29) is 22.5 Å². The fraction of sp³-hybridized carbons (Fsp3) is 0.462. The van der Waals surface area contributed by atoms with Gasteiger partial charge in [-0.1, -0.05) is 17.7 Å². The van der Waals surface area contributed by atoms with E-state index < -0.39 is 4.92 Å². The van der Waals surface area contributed by atoms with Gasteiger partial charge in [-0.15, -0.1) is 0 Å². The molecule has 0 aromatic heterocycles. The van der Waals surface area contributed by atoms with Crippen molar-refractivity contribution in [3.05, 3.63) is 33.3 Å². The lowest BCUT2D eigenvalue weighted by Crippen LogP contribution is -2.35. The Balaban J connectivity index is 2.28. The first-order valence-corrected chi connectivity index (χ1v) is 6.56. The molecule has 5 nitrogen and oxygen atoms in total. The third-order valence-corrected chi connectivity index (χ3v) is 3.89. The van der Waals surface area contributed by atoms with Crippen LogP contribution in [0.3, 0.4) is 0 Å². The average Bonchev–Trinajstić information content (AvgIpc) is 2.38. The summed E-state index contributed by atoms with van der Waals surface area (Å²) in [6.07, 6.45) is 2.56. The van der Waals surface area contributed by atoms with E-state index in [0.29, 0.717) is 18.5 Å². The van der Waals surface area contributed by atoms with Crippen molar-refractivity contribution in [3.63, 3.8) is 0 Å². The van der Waals surface area contributed by atoms with E-state index in [4.69, 9.17) is 11.6 Å². The molecule has 0 saturated heterocycles. The van der Waals surface area contributed by atoms with E-state index in [1.165, 1.54) is 6.07 Å². The van der Waals surface area contributed by atoms with Gasteiger partial charge in [0, 0.05) is 25.9 Å². The minimum atomic E-state index is -0.456. The molecule has 102 valence electrons. The van der Waals surface area contributed by atoms with Gasteiger partial charge in [0.25, 0.3) is 0 Å². The van der Waals surface area contributed by atoms with Gasteiger partial charge in [-0.2, -0.15) is 0 Å². The maximum atomic E-state index is 11.2. The number of benzene rings is 1. The number of para-hydroxylation sites is 1. The van der Waals surface area contributed by atoms with Gasteiger partial charge in [0.1, 0.15) is 16.5 Å². The molecular weight excluding hydrogens is 268 g/mol. The highest BCUT2D eigenvalue weighted by molar-refractivity contribution is 6.33. The summed E-state index contributed by atoms with van der Waals surface area (Å²) < 4.78 is 0. The minimum absolute atomic E-state index is 0.0661. The molecule has 1 fully saturated rings. The molecule has 1 saturated carbocycles. The zero-order valence-electron chi connectivity index (χ0n) is 10.6. The van der Waals surface area contributed by atoms with E-state index >= 15 is 0 Å². The van der Waals surface area contributed by atoms with Crippen molar-refractivity contribution in [1.82, 2.24) is 0 Å². The van der Waals surface area contributed by atoms with Gasteiger partial charge in [0.15, 0.2) is 0 Å². The standard InChI is InChI=1S/C13H15ClN2O3/c1-15(9-5-7-10(17)8-6-9)12-4-2-3-11(14)13(12)16(18)19/h2-4,9H,5-8H2,1H3. The van der Waals surface area contributed by atoms with Crippen LogP contribution in [-0.2, 0) is 4.79 Å². The molecule has 1 aliphatic rings. The zero-order valence-corrected chi connectivity index (χ0v) is 11.4. The minimum Gasteiger partial charge on any atom is -0.366 e. The van der Waals surface area contributed by atoms with Crippen LogP contribution in [0.25, 0.3) is 0 Å². The Bertz CT molecular complexity index is 509. The summed E-state index contributed by atoms with van der Waals surface area (Å²) in [5.41, 5.74) is 0.445. The van der Waals surface area contributed by atoms with Crippen molar-refractivity contribution >= 4 is 28.8 Å². The van der Waals surface area contributed by atoms with Gasteiger partial charge in [0.2, 0.25) is 0 Å². The molecule has 0 bridgehead atoms. The molecule has 0 amide bonds. The molecule has 2 rings (SSSR count). The highest BCUT2D eigenvalue weighted by Crippen LogP contribution is 2.36. The first kappa shape index (κ1) is 13.8. The highest BCUT2D eigenvalue weighted by atomic mass is 35.5. The summed E-state index contributed by atoms with van der Waals surface area (Å²) in [5, 5.41) is 11.3. The molecule has 0 unspecified atom stereocenters. The SMILES string of the molecule is CN(c1cccc(Cl)c1[N+](=O)[O-])C1CCC(=O)CC1. The van der Waals surface area contributed by atoms with Crippen LogP contribution in [0.5, 0.6) is 0 Å². The number of Topliss-reactive ketones (excluding diaryl/α,β-unsaturated/α-hetero) is 1. The van der Waals surface area contributed by atoms with Crippen molar-refractivity contribution in [2.24, 2.45) is 0 Å². The second kappa shape index (κ2) is 5.57. The topological polar surface area (TPSA) is 63.4 Å². The molecule has 0 aliphatic heterocycles. The fourth-order valence-corrected chi connectivity index (χ4v) is 2.72. The van der Waals surface area contributed by atoms with Gasteiger partial charge in [0.05, 0.1) is 4.92 Å². The Morgan fingerprint density at radius 1 is 1.37 bits per heavy atom. The number of halogens is 1. The van der Waals surface area contributed by atoms with Gasteiger partial charge < -0.3 is 4.90 Å². The summed E-state index contributed by atoms with van der Waals surface area (Å²) in [5.74, 6) is 0.269. The van der Waals surface area contributed by atoms with Crippen molar-refractivity contribution in [2.75, 3.05) is 11.9 Å². The van der Waals surface area contributed by atoms with Gasteiger partial charge in [-0.05, 0) is 25.0 Å². The number of ketones is 1. The smallest absolute Gasteiger partial charge is 0.310 e. The molecule has 19 heavy (non-hydrogen) atoms. The van der Waals surface area contributed by atoms with Crippen LogP contribution in [0.1, 0.15) is 25.7 Å². The number of hydrogen-bond donors (Lipinski definition) is 0. The number of carbonyl (C=O) groups is 1. The van der Waals surface area contributed by atoms with E-state index in [1.807, 2.05) is 11.9 Å². The van der Waals surface area contributed by atoms with Crippen LogP contribution in [-0.4, -0.2) is 23.8 Å². The molecule has 0 radical (unpaired) electrons. The third kappa shape index (κ3) is 2.87. The highest BCUT2D eigenvalue weighted by Gasteiger charge is 2.28. The molecule has 1 aromatic carbocycles. The lowest BCUT2D eigenvalue weighted by atomic mass is 9.93. The lowest BCUT2D eigenvalue weighted by Gasteiger charge is -2.32. The number of anilines is 1. The predicted octanol–water partition coefficient (Wildman–Crippen LogP) is 3.20. The van der Waals surface area contributed by atoms with Gasteiger partial charge >= 0.3 is 5.69 Å². The van der Waals surface area contributed by atoms with E-state index in [1.54, 1.807) is 12.1 Å². The summed E-state index contributed by atoms with van der Waals surface area (Å²) in [6, 6.07) is 5.06. The quantitative estimate of drug-likeness (QED) is 0.631. The number of nitro benzene ring substituents is 1. The number of hydrogen-bond acceptors (Lipinski definition) is 4. The van der Waals surface area contributed by atoms with Crippen LogP contribution in [0.2, 0.25) is 5.02 Å². The third-order valence-electron chi connectivity index (χ3n) is 3.59. The van der Waals surface area contributed by atoms with Crippen molar-refractivity contribution < 1.29 is 9.72 Å². The first-order chi connectivity index (χ1) is 9.00. The van der Waals surface area contributed by atoms with E-state index in [9.17, 15) is 14.9 Å². The Kier molecular flexibility index (Phi) is 4.04. The van der Waals surface area contributed by atoms with Crippen LogP contribution >= 0.6 is 11.6 Å². The molecule has 0 spiro atoms. The Morgan fingerprint density at radius 3 is 2.58 bits per heavy atom. The largest absolute Gasteiger partial charge is 0.366 e. The monoisotopic (exact) mass is 282 g/mol. The predicted molar refractivity (Wildman–Crippen MR) is 73.8 cm³/mol. The summed E-state index contributed by atoms with van der Waals surface area (Å²) >= 11 is 5.91.